The van der Waals surface area contributed by atoms with Crippen molar-refractivity contribution in [1.29, 1.82) is 0 Å². The van der Waals surface area contributed by atoms with Crippen molar-refractivity contribution in [2.75, 3.05) is 46.2 Å². The summed E-state index contributed by atoms with van der Waals surface area (Å²) in [5, 5.41) is 2.82. The van der Waals surface area contributed by atoms with E-state index in [9.17, 15) is 9.59 Å². The Labute approximate surface area is 202 Å². The minimum Gasteiger partial charge on any atom is -0.374 e. The van der Waals surface area contributed by atoms with E-state index in [0.29, 0.717) is 65.1 Å². The molecule has 0 aliphatic rings. The van der Waals surface area contributed by atoms with Crippen molar-refractivity contribution in [1.82, 2.24) is 5.32 Å². The summed E-state index contributed by atoms with van der Waals surface area (Å²) in [6.07, 6.45) is 1.76. The van der Waals surface area contributed by atoms with E-state index in [4.69, 9.17) is 32.3 Å². The van der Waals surface area contributed by atoms with Gasteiger partial charge in [-0.2, -0.15) is 0 Å². The highest BCUT2D eigenvalue weighted by atomic mass is 28.4. The molecule has 0 aromatic heterocycles. The van der Waals surface area contributed by atoms with Crippen molar-refractivity contribution < 1.29 is 36.1 Å². The number of primary amides is 1. The maximum absolute atomic E-state index is 11.6. The monoisotopic (exact) mass is 512 g/mol. The highest BCUT2D eigenvalue weighted by Gasteiger charge is 2.39. The molecule has 0 spiro atoms. The Hall–Kier alpha value is -0.866. The van der Waals surface area contributed by atoms with Crippen molar-refractivity contribution >= 4 is 29.4 Å². The van der Waals surface area contributed by atoms with E-state index in [0.717, 1.165) is 6.42 Å². The molecule has 0 fully saturated rings. The van der Waals surface area contributed by atoms with Gasteiger partial charge >= 0.3 is 17.6 Å². The largest absolute Gasteiger partial charge is 0.500 e. The highest BCUT2D eigenvalue weighted by Crippen LogP contribution is 2.17. The van der Waals surface area contributed by atoms with Crippen LogP contribution in [-0.2, 0) is 36.1 Å². The number of hydrogen-bond donors (Lipinski definition) is 2. The molecule has 0 aromatic rings. The predicted molar refractivity (Wildman–Crippen MR) is 133 cm³/mol. The fourth-order valence-electron chi connectivity index (χ4n) is 2.96. The second kappa shape index (κ2) is 21.7. The maximum Gasteiger partial charge on any atom is 0.500 e. The summed E-state index contributed by atoms with van der Waals surface area (Å²) < 4.78 is 33.4. The first-order valence-corrected chi connectivity index (χ1v) is 16.2. The molecule has 2 amide bonds. The Morgan fingerprint density at radius 2 is 1.12 bits per heavy atom. The fourth-order valence-corrected chi connectivity index (χ4v) is 7.39. The van der Waals surface area contributed by atoms with Crippen molar-refractivity contribution in [3.63, 3.8) is 0 Å². The zero-order valence-corrected chi connectivity index (χ0v) is 23.8. The smallest absolute Gasteiger partial charge is 0.374 e. The van der Waals surface area contributed by atoms with E-state index in [1.807, 2.05) is 48.1 Å². The van der Waals surface area contributed by atoms with E-state index in [1.54, 1.807) is 0 Å². The predicted octanol–water partition coefficient (Wildman–Crippen LogP) is 2.86. The molecule has 0 heterocycles. The van der Waals surface area contributed by atoms with Gasteiger partial charge in [-0.1, -0.05) is 0 Å². The normalized spacial score (nSPS) is 11.6. The number of carbonyl (C=O) groups is 2. The third-order valence-electron chi connectivity index (χ3n) is 4.12. The van der Waals surface area contributed by atoms with Crippen LogP contribution < -0.4 is 11.1 Å². The third-order valence-corrected chi connectivity index (χ3v) is 9.71. The Bertz CT molecular complexity index is 467. The fraction of sp³-hybridized carbons (Fsp3) is 0.905. The molecule has 12 heteroatoms. The summed E-state index contributed by atoms with van der Waals surface area (Å²) in [6, 6.07) is 0.671. The van der Waals surface area contributed by atoms with Crippen LogP contribution in [0.15, 0.2) is 0 Å². The van der Waals surface area contributed by atoms with Gasteiger partial charge in [0.25, 0.3) is 0 Å². The van der Waals surface area contributed by atoms with Crippen LogP contribution in [0.25, 0.3) is 0 Å². The van der Waals surface area contributed by atoms with Gasteiger partial charge in [-0.25, -0.2) is 0 Å². The highest BCUT2D eigenvalue weighted by molar-refractivity contribution is 6.60. The number of carbonyl (C=O) groups excluding carboxylic acids is 2. The molecule has 0 rings (SSSR count). The molecule has 0 aliphatic carbocycles. The molecule has 0 aliphatic heterocycles. The molecule has 0 aromatic carbocycles. The first kappa shape index (κ1) is 34.3. The van der Waals surface area contributed by atoms with E-state index in [1.165, 1.54) is 0 Å². The first-order valence-electron chi connectivity index (χ1n) is 12.1. The molecule has 10 nitrogen and oxygen atoms in total. The molecule has 0 bridgehead atoms. The van der Waals surface area contributed by atoms with E-state index < -0.39 is 17.6 Å². The summed E-state index contributed by atoms with van der Waals surface area (Å²) >= 11 is 0. The van der Waals surface area contributed by atoms with Crippen LogP contribution >= 0.6 is 0 Å². The third kappa shape index (κ3) is 19.2. The molecule has 33 heavy (non-hydrogen) atoms. The lowest BCUT2D eigenvalue weighted by Crippen LogP contribution is -2.46. The number of rotatable bonds is 20. The van der Waals surface area contributed by atoms with Crippen LogP contribution in [0, 0.1) is 0 Å². The number of nitrogens with one attached hydrogen (secondary N) is 1. The average molecular weight is 513 g/mol. The lowest BCUT2D eigenvalue weighted by molar-refractivity contribution is -0.121. The Morgan fingerprint density at radius 3 is 1.48 bits per heavy atom. The summed E-state index contributed by atoms with van der Waals surface area (Å²) in [6.45, 7) is 17.7. The molecule has 3 N–H and O–H groups in total. The number of hydrogen-bond acceptors (Lipinski definition) is 8. The number of nitrogens with two attached hydrogens (primary N) is 1. The van der Waals surface area contributed by atoms with Crippen LogP contribution in [0.3, 0.4) is 0 Å². The summed E-state index contributed by atoms with van der Waals surface area (Å²) in [7, 11) is -4.87. The standard InChI is InChI=1S/C14H30N2O5Si.C7H18O3Si/c1-4-19-22(20-5-2,21-6-3)12-8-11-16-14(18)10-7-9-13(15)17;1-5-8-11(4,9-6-2)10-7-3/h4-12H2,1-3H3,(H2,15,17)(H,16,18);5-7H2,1-4H3. The van der Waals surface area contributed by atoms with Gasteiger partial charge in [0.1, 0.15) is 0 Å². The zero-order chi connectivity index (χ0) is 25.6. The molecular formula is C21H48N2O8Si2. The van der Waals surface area contributed by atoms with Gasteiger partial charge in [-0.3, -0.25) is 9.59 Å². The Balaban J connectivity index is 0. The van der Waals surface area contributed by atoms with Crippen LogP contribution in [-0.4, -0.2) is 75.6 Å². The average Bonchev–Trinajstić information content (AvgIpc) is 2.72. The van der Waals surface area contributed by atoms with Crippen molar-refractivity contribution in [3.05, 3.63) is 0 Å². The lowest BCUT2D eigenvalue weighted by atomic mass is 10.2. The van der Waals surface area contributed by atoms with Gasteiger partial charge in [0.2, 0.25) is 11.8 Å². The van der Waals surface area contributed by atoms with Gasteiger partial charge in [-0.05, 0) is 54.4 Å². The van der Waals surface area contributed by atoms with Crippen LogP contribution in [0.4, 0.5) is 0 Å². The molecule has 0 unspecified atom stereocenters. The first-order chi connectivity index (χ1) is 15.7. The minimum absolute atomic E-state index is 0.0715. The SMILES string of the molecule is CCO[Si](C)(OCC)OCC.CCO[Si](CCCNC(=O)CCCC(N)=O)(OCC)OCC. The molecule has 0 saturated carbocycles. The van der Waals surface area contributed by atoms with Gasteiger partial charge in [0.15, 0.2) is 0 Å². The van der Waals surface area contributed by atoms with Crippen LogP contribution in [0.2, 0.25) is 12.6 Å². The van der Waals surface area contributed by atoms with Crippen molar-refractivity contribution in [2.45, 2.75) is 79.8 Å². The van der Waals surface area contributed by atoms with Crippen LogP contribution in [0.1, 0.15) is 67.2 Å². The Morgan fingerprint density at radius 1 is 0.697 bits per heavy atom. The molecule has 0 radical (unpaired) electrons. The summed E-state index contributed by atoms with van der Waals surface area (Å²) in [4.78, 5) is 22.2. The molecule has 0 atom stereocenters. The van der Waals surface area contributed by atoms with Crippen molar-refractivity contribution in [2.24, 2.45) is 5.73 Å². The molecular weight excluding hydrogens is 464 g/mol. The van der Waals surface area contributed by atoms with Gasteiger partial charge < -0.3 is 37.6 Å². The zero-order valence-electron chi connectivity index (χ0n) is 21.8. The summed E-state index contributed by atoms with van der Waals surface area (Å²) in [5.74, 6) is -0.452. The maximum atomic E-state index is 11.6. The van der Waals surface area contributed by atoms with Gasteiger partial charge in [0, 0.05) is 71.6 Å². The van der Waals surface area contributed by atoms with Gasteiger partial charge in [0.05, 0.1) is 0 Å². The Kier molecular flexibility index (Phi) is 22.5. The topological polar surface area (TPSA) is 128 Å². The van der Waals surface area contributed by atoms with E-state index in [2.05, 4.69) is 5.32 Å². The minimum atomic E-state index is -2.62. The van der Waals surface area contributed by atoms with E-state index in [-0.39, 0.29) is 18.2 Å². The van der Waals surface area contributed by atoms with Crippen LogP contribution in [0.5, 0.6) is 0 Å². The van der Waals surface area contributed by atoms with Crippen molar-refractivity contribution in [3.8, 4) is 0 Å². The summed E-state index contributed by atoms with van der Waals surface area (Å²) in [5.41, 5.74) is 5.03. The van der Waals surface area contributed by atoms with Gasteiger partial charge in [-0.15, -0.1) is 0 Å². The number of amides is 2. The second-order valence-electron chi connectivity index (χ2n) is 6.92. The lowest BCUT2D eigenvalue weighted by Gasteiger charge is -2.28. The second-order valence-corrected chi connectivity index (χ2v) is 12.2. The molecule has 0 saturated heterocycles. The van der Waals surface area contributed by atoms with E-state index >= 15 is 0 Å². The quantitative estimate of drug-likeness (QED) is 0.188. The molecule has 198 valence electrons.